The summed E-state index contributed by atoms with van der Waals surface area (Å²) in [6, 6.07) is 22.9. The van der Waals surface area contributed by atoms with Crippen LogP contribution in [0.5, 0.6) is 5.75 Å². The number of rotatable bonds is 5. The molecule has 5 rings (SSSR count). The second-order valence-corrected chi connectivity index (χ2v) is 10.7. The van der Waals surface area contributed by atoms with E-state index in [9.17, 15) is 10.1 Å². The summed E-state index contributed by atoms with van der Waals surface area (Å²) in [4.78, 5) is 13.5. The zero-order chi connectivity index (χ0) is 27.5. The molecular formula is C30H32Cl2N4O2. The van der Waals surface area contributed by atoms with Gasteiger partial charge in [0, 0.05) is 28.4 Å². The van der Waals surface area contributed by atoms with Gasteiger partial charge in [-0.1, -0.05) is 53.5 Å². The molecule has 1 aliphatic heterocycles. The summed E-state index contributed by atoms with van der Waals surface area (Å²) in [5.74, 6) is 0.400. The first-order valence-corrected chi connectivity index (χ1v) is 13.3. The molecule has 1 saturated carbocycles. The van der Waals surface area contributed by atoms with Crippen LogP contribution >= 0.6 is 23.2 Å². The van der Waals surface area contributed by atoms with E-state index in [1.807, 2.05) is 54.6 Å². The molecule has 4 unspecified atom stereocenters. The minimum atomic E-state index is -0.882. The standard InChI is InChI=1S/C29H27Cl2N3O2.CH5N/c1-36-22-10-11-23(25(31)14-22)24-12-13-28(15-18-2-4-19(16-32)5-3-18)26(17-34-27(28)35)29(24,33)20-6-8-21(30)9-7-20;1-2/h2-11,14,24,26H,12-13,15,17,33H2,1H3,(H,34,35);2H2,1H3. The molecule has 0 bridgehead atoms. The van der Waals surface area contributed by atoms with Crippen LogP contribution in [0.4, 0.5) is 0 Å². The molecule has 8 heteroatoms. The van der Waals surface area contributed by atoms with Crippen molar-refractivity contribution in [2.45, 2.75) is 30.7 Å². The average Bonchev–Trinajstić information content (AvgIpc) is 3.27. The number of hydrogen-bond acceptors (Lipinski definition) is 5. The first-order valence-electron chi connectivity index (χ1n) is 12.6. The van der Waals surface area contributed by atoms with Crippen LogP contribution in [0.25, 0.3) is 0 Å². The van der Waals surface area contributed by atoms with E-state index in [-0.39, 0.29) is 17.7 Å². The number of ether oxygens (including phenoxy) is 1. The molecule has 1 aliphatic carbocycles. The Balaban J connectivity index is 0.00000164. The van der Waals surface area contributed by atoms with E-state index >= 15 is 0 Å². The number of halogens is 2. The van der Waals surface area contributed by atoms with E-state index in [4.69, 9.17) is 33.7 Å². The van der Waals surface area contributed by atoms with Crippen LogP contribution in [0, 0.1) is 22.7 Å². The Morgan fingerprint density at radius 1 is 1.08 bits per heavy atom. The molecule has 5 N–H and O–H groups in total. The number of nitrogens with one attached hydrogen (secondary N) is 1. The van der Waals surface area contributed by atoms with E-state index in [1.165, 1.54) is 7.05 Å². The Labute approximate surface area is 233 Å². The van der Waals surface area contributed by atoms with Gasteiger partial charge >= 0.3 is 0 Å². The molecule has 0 spiro atoms. The van der Waals surface area contributed by atoms with Crippen molar-refractivity contribution >= 4 is 29.1 Å². The van der Waals surface area contributed by atoms with E-state index in [2.05, 4.69) is 17.1 Å². The molecule has 38 heavy (non-hydrogen) atoms. The van der Waals surface area contributed by atoms with E-state index in [1.54, 1.807) is 19.2 Å². The van der Waals surface area contributed by atoms with Gasteiger partial charge in [0.2, 0.25) is 5.91 Å². The van der Waals surface area contributed by atoms with Gasteiger partial charge in [-0.15, -0.1) is 0 Å². The molecule has 1 amide bonds. The minimum absolute atomic E-state index is 0.0277. The minimum Gasteiger partial charge on any atom is -0.497 e. The lowest BCUT2D eigenvalue weighted by molar-refractivity contribution is -0.132. The maximum atomic E-state index is 13.5. The highest BCUT2D eigenvalue weighted by atomic mass is 35.5. The van der Waals surface area contributed by atoms with Gasteiger partial charge in [0.15, 0.2) is 0 Å². The molecule has 2 fully saturated rings. The SMILES string of the molecule is CN.COc1ccc(C2CCC3(Cc4ccc(C#N)cc4)C(=O)NCC3C2(N)c2ccc(Cl)cc2)c(Cl)c1. The normalized spacial score (nSPS) is 25.9. The summed E-state index contributed by atoms with van der Waals surface area (Å²) in [7, 11) is 3.11. The quantitative estimate of drug-likeness (QED) is 0.406. The zero-order valence-corrected chi connectivity index (χ0v) is 23.0. The molecule has 4 atom stereocenters. The fourth-order valence-corrected chi connectivity index (χ4v) is 6.77. The number of carbonyl (C=O) groups excluding carboxylic acids is 1. The summed E-state index contributed by atoms with van der Waals surface area (Å²) in [6.45, 7) is 0.471. The molecule has 3 aromatic rings. The largest absolute Gasteiger partial charge is 0.497 e. The van der Waals surface area contributed by atoms with Crippen LogP contribution in [0.3, 0.4) is 0 Å². The highest BCUT2D eigenvalue weighted by Crippen LogP contribution is 2.59. The van der Waals surface area contributed by atoms with Gasteiger partial charge in [-0.2, -0.15) is 5.26 Å². The van der Waals surface area contributed by atoms with E-state index < -0.39 is 11.0 Å². The van der Waals surface area contributed by atoms with Gasteiger partial charge in [0.1, 0.15) is 5.75 Å². The highest BCUT2D eigenvalue weighted by molar-refractivity contribution is 6.31. The maximum absolute atomic E-state index is 13.5. The highest BCUT2D eigenvalue weighted by Gasteiger charge is 2.63. The Bertz CT molecular complexity index is 1340. The molecule has 0 radical (unpaired) electrons. The van der Waals surface area contributed by atoms with Gasteiger partial charge in [0.05, 0.1) is 29.7 Å². The third-order valence-electron chi connectivity index (χ3n) is 8.15. The van der Waals surface area contributed by atoms with Crippen molar-refractivity contribution in [1.29, 1.82) is 5.26 Å². The molecule has 0 aromatic heterocycles. The topological polar surface area (TPSA) is 114 Å². The van der Waals surface area contributed by atoms with Crippen LogP contribution in [0.15, 0.2) is 66.7 Å². The van der Waals surface area contributed by atoms with Crippen molar-refractivity contribution in [3.05, 3.63) is 99.0 Å². The molecule has 6 nitrogen and oxygen atoms in total. The first kappa shape index (κ1) is 27.9. The number of nitriles is 1. The van der Waals surface area contributed by atoms with Gasteiger partial charge in [-0.25, -0.2) is 0 Å². The second kappa shape index (κ2) is 11.3. The first-order chi connectivity index (χ1) is 18.3. The van der Waals surface area contributed by atoms with Gasteiger partial charge < -0.3 is 21.5 Å². The molecule has 1 saturated heterocycles. The van der Waals surface area contributed by atoms with E-state index in [0.717, 1.165) is 16.7 Å². The van der Waals surface area contributed by atoms with Crippen molar-refractivity contribution in [2.24, 2.45) is 22.8 Å². The molecule has 198 valence electrons. The van der Waals surface area contributed by atoms with Crippen molar-refractivity contribution < 1.29 is 9.53 Å². The maximum Gasteiger partial charge on any atom is 0.227 e. The number of nitrogens with zero attached hydrogens (tertiary/aromatic N) is 1. The lowest BCUT2D eigenvalue weighted by Gasteiger charge is -2.53. The zero-order valence-electron chi connectivity index (χ0n) is 21.5. The van der Waals surface area contributed by atoms with Gasteiger partial charge in [-0.3, -0.25) is 4.79 Å². The number of carbonyl (C=O) groups is 1. The predicted octanol–water partition coefficient (Wildman–Crippen LogP) is 5.16. The van der Waals surface area contributed by atoms with Crippen LogP contribution in [0.1, 0.15) is 41.0 Å². The number of nitrogens with two attached hydrogens (primary N) is 2. The fourth-order valence-electron chi connectivity index (χ4n) is 6.35. The van der Waals surface area contributed by atoms with Crippen molar-refractivity contribution in [2.75, 3.05) is 20.7 Å². The molecule has 1 heterocycles. The van der Waals surface area contributed by atoms with Crippen LogP contribution in [-0.2, 0) is 16.8 Å². The summed E-state index contributed by atoms with van der Waals surface area (Å²) >= 11 is 13.0. The van der Waals surface area contributed by atoms with Crippen LogP contribution < -0.4 is 21.5 Å². The summed E-state index contributed by atoms with van der Waals surface area (Å²) in [5.41, 5.74) is 13.9. The van der Waals surface area contributed by atoms with Crippen molar-refractivity contribution in [3.8, 4) is 11.8 Å². The summed E-state index contributed by atoms with van der Waals surface area (Å²) in [6.07, 6.45) is 1.90. The van der Waals surface area contributed by atoms with Gasteiger partial charge in [0.25, 0.3) is 0 Å². The number of hydrogen-bond donors (Lipinski definition) is 3. The third-order valence-corrected chi connectivity index (χ3v) is 8.73. The number of fused-ring (bicyclic) bond motifs is 1. The summed E-state index contributed by atoms with van der Waals surface area (Å²) < 4.78 is 5.36. The molecule has 2 aliphatic rings. The molecule has 3 aromatic carbocycles. The smallest absolute Gasteiger partial charge is 0.227 e. The van der Waals surface area contributed by atoms with Crippen LogP contribution in [0.2, 0.25) is 10.0 Å². The van der Waals surface area contributed by atoms with Gasteiger partial charge in [-0.05, 0) is 79.4 Å². The lowest BCUT2D eigenvalue weighted by Crippen LogP contribution is -2.59. The Hall–Kier alpha value is -3.08. The average molecular weight is 552 g/mol. The second-order valence-electron chi connectivity index (χ2n) is 9.82. The number of amides is 1. The third kappa shape index (κ3) is 4.76. The Morgan fingerprint density at radius 2 is 1.76 bits per heavy atom. The predicted molar refractivity (Wildman–Crippen MR) is 151 cm³/mol. The lowest BCUT2D eigenvalue weighted by atomic mass is 9.51. The van der Waals surface area contributed by atoms with Crippen LogP contribution in [-0.4, -0.2) is 26.6 Å². The Kier molecular flexibility index (Phi) is 8.34. The molecular weight excluding hydrogens is 519 g/mol. The Morgan fingerprint density at radius 3 is 2.37 bits per heavy atom. The van der Waals surface area contributed by atoms with Crippen molar-refractivity contribution in [1.82, 2.24) is 5.32 Å². The van der Waals surface area contributed by atoms with E-state index in [0.29, 0.717) is 47.2 Å². The number of methoxy groups -OCH3 is 1. The van der Waals surface area contributed by atoms with Crippen molar-refractivity contribution in [3.63, 3.8) is 0 Å². The monoisotopic (exact) mass is 550 g/mol. The number of benzene rings is 3. The fraction of sp³-hybridized carbons (Fsp3) is 0.333. The summed E-state index contributed by atoms with van der Waals surface area (Å²) in [5, 5.41) is 13.5.